The van der Waals surface area contributed by atoms with E-state index in [0.717, 1.165) is 33.4 Å². The van der Waals surface area contributed by atoms with Crippen LogP contribution in [0, 0.1) is 0 Å². The maximum atomic E-state index is 13.7. The standard InChI is InChI=1S/C32H31N3OS/c1-22-29(31(36)34-27-15-9-4-10-16-27)30(26-13-7-3-8-14-26)35-28(21-37-32(35)33-22)25-19-17-24(18-20-25)23-11-5-2-6-12-23/h3-4,7-10,13-21,23,30H,2,5-6,11-12H2,1H3,(H,34,36)/t30-/m1/s1. The highest BCUT2D eigenvalue weighted by molar-refractivity contribution is 8.16. The van der Waals surface area contributed by atoms with E-state index in [-0.39, 0.29) is 11.9 Å². The van der Waals surface area contributed by atoms with Crippen molar-refractivity contribution in [1.82, 2.24) is 4.90 Å². The molecule has 3 aromatic rings. The average Bonchev–Trinajstić information content (AvgIpc) is 3.37. The maximum Gasteiger partial charge on any atom is 0.255 e. The van der Waals surface area contributed by atoms with Crippen molar-refractivity contribution in [2.24, 2.45) is 4.99 Å². The number of rotatable bonds is 5. The van der Waals surface area contributed by atoms with Gasteiger partial charge in [0.15, 0.2) is 5.17 Å². The predicted octanol–water partition coefficient (Wildman–Crippen LogP) is 8.11. The van der Waals surface area contributed by atoms with Gasteiger partial charge in [-0.15, -0.1) is 0 Å². The van der Waals surface area contributed by atoms with E-state index in [2.05, 4.69) is 52.0 Å². The maximum absolute atomic E-state index is 13.7. The third kappa shape index (κ3) is 4.76. The van der Waals surface area contributed by atoms with Gasteiger partial charge in [-0.05, 0) is 54.5 Å². The van der Waals surface area contributed by atoms with E-state index in [1.165, 1.54) is 37.7 Å². The van der Waals surface area contributed by atoms with Crippen LogP contribution in [0.5, 0.6) is 0 Å². The van der Waals surface area contributed by atoms with E-state index in [0.29, 0.717) is 11.5 Å². The molecule has 186 valence electrons. The van der Waals surface area contributed by atoms with Crippen LogP contribution in [0.15, 0.2) is 107 Å². The summed E-state index contributed by atoms with van der Waals surface area (Å²) in [5.74, 6) is 0.557. The molecule has 1 amide bonds. The SMILES string of the molecule is CC1=C(C(=O)Nc2ccccc2)[C@@H](c2ccccc2)N2C(c3ccc(C4CCCCC4)cc3)=CSC2=N1. The van der Waals surface area contributed by atoms with Crippen molar-refractivity contribution in [3.05, 3.63) is 118 Å². The van der Waals surface area contributed by atoms with Gasteiger partial charge < -0.3 is 10.2 Å². The Morgan fingerprint density at radius 1 is 0.865 bits per heavy atom. The van der Waals surface area contributed by atoms with Crippen molar-refractivity contribution in [3.63, 3.8) is 0 Å². The van der Waals surface area contributed by atoms with Crippen LogP contribution in [0.3, 0.4) is 0 Å². The number of benzene rings is 3. The number of nitrogens with one attached hydrogen (secondary N) is 1. The lowest BCUT2D eigenvalue weighted by Crippen LogP contribution is -2.37. The number of allylic oxidation sites excluding steroid dienone is 1. The molecule has 0 saturated heterocycles. The van der Waals surface area contributed by atoms with Crippen molar-refractivity contribution < 1.29 is 4.79 Å². The first-order valence-electron chi connectivity index (χ1n) is 13.2. The molecule has 1 saturated carbocycles. The molecule has 2 aliphatic heterocycles. The molecule has 3 aromatic carbocycles. The van der Waals surface area contributed by atoms with Gasteiger partial charge in [0.2, 0.25) is 0 Å². The molecule has 0 aromatic heterocycles. The number of amides is 1. The number of anilines is 1. The van der Waals surface area contributed by atoms with Crippen LogP contribution in [-0.4, -0.2) is 16.0 Å². The summed E-state index contributed by atoms with van der Waals surface area (Å²) in [6.07, 6.45) is 6.62. The number of thioether (sulfide) groups is 1. The molecular weight excluding hydrogens is 474 g/mol. The van der Waals surface area contributed by atoms with Crippen LogP contribution in [0.1, 0.15) is 67.7 Å². The predicted molar refractivity (Wildman–Crippen MR) is 154 cm³/mol. The van der Waals surface area contributed by atoms with E-state index >= 15 is 0 Å². The van der Waals surface area contributed by atoms with Gasteiger partial charge in [0.05, 0.1) is 23.0 Å². The van der Waals surface area contributed by atoms with Crippen LogP contribution >= 0.6 is 11.8 Å². The molecule has 0 unspecified atom stereocenters. The molecule has 4 nitrogen and oxygen atoms in total. The van der Waals surface area contributed by atoms with Gasteiger partial charge in [0, 0.05) is 11.1 Å². The highest BCUT2D eigenvalue weighted by Crippen LogP contribution is 2.47. The Balaban J connectivity index is 1.36. The summed E-state index contributed by atoms with van der Waals surface area (Å²) in [4.78, 5) is 20.9. The lowest BCUT2D eigenvalue weighted by molar-refractivity contribution is -0.113. The number of nitrogens with zero attached hydrogens (tertiary/aromatic N) is 2. The van der Waals surface area contributed by atoms with Gasteiger partial charge in [-0.3, -0.25) is 4.79 Å². The first-order chi connectivity index (χ1) is 18.2. The molecule has 3 aliphatic rings. The summed E-state index contributed by atoms with van der Waals surface area (Å²) in [7, 11) is 0. The Bertz CT molecular complexity index is 1370. The van der Waals surface area contributed by atoms with Crippen LogP contribution in [0.25, 0.3) is 5.70 Å². The summed E-state index contributed by atoms with van der Waals surface area (Å²) in [6, 6.07) is 28.7. The van der Waals surface area contributed by atoms with Gasteiger partial charge >= 0.3 is 0 Å². The highest BCUT2D eigenvalue weighted by atomic mass is 32.2. The van der Waals surface area contributed by atoms with Crippen LogP contribution in [0.2, 0.25) is 0 Å². The molecular formula is C32H31N3OS. The van der Waals surface area contributed by atoms with E-state index in [1.54, 1.807) is 11.8 Å². The molecule has 0 radical (unpaired) electrons. The van der Waals surface area contributed by atoms with Crippen LogP contribution in [-0.2, 0) is 4.79 Å². The Kier molecular flexibility index (Phi) is 6.71. The fourth-order valence-electron chi connectivity index (χ4n) is 5.71. The minimum atomic E-state index is -0.267. The van der Waals surface area contributed by atoms with Crippen molar-refractivity contribution in [3.8, 4) is 0 Å². The molecule has 1 aliphatic carbocycles. The summed E-state index contributed by atoms with van der Waals surface area (Å²) >= 11 is 1.63. The number of hydrogen-bond acceptors (Lipinski definition) is 4. The Labute approximate surface area is 223 Å². The molecule has 1 atom stereocenters. The largest absolute Gasteiger partial charge is 0.322 e. The molecule has 5 heteroatoms. The number of amidine groups is 1. The molecule has 1 N–H and O–H groups in total. The number of hydrogen-bond donors (Lipinski definition) is 1. The third-order valence-corrected chi connectivity index (χ3v) is 8.44. The first kappa shape index (κ1) is 23.8. The zero-order valence-electron chi connectivity index (χ0n) is 21.1. The van der Waals surface area contributed by atoms with Crippen molar-refractivity contribution >= 4 is 34.2 Å². The summed E-state index contributed by atoms with van der Waals surface area (Å²) in [5, 5.41) is 6.19. The van der Waals surface area contributed by atoms with E-state index in [1.807, 2.05) is 55.5 Å². The van der Waals surface area contributed by atoms with Crippen molar-refractivity contribution in [1.29, 1.82) is 0 Å². The smallest absolute Gasteiger partial charge is 0.255 e. The number of aliphatic imine (C=N–C) groups is 1. The van der Waals surface area contributed by atoms with Gasteiger partial charge in [0.1, 0.15) is 0 Å². The summed E-state index contributed by atoms with van der Waals surface area (Å²) in [6.45, 7) is 1.94. The van der Waals surface area contributed by atoms with E-state index in [4.69, 9.17) is 4.99 Å². The first-order valence-corrected chi connectivity index (χ1v) is 14.0. The molecule has 37 heavy (non-hydrogen) atoms. The lowest BCUT2D eigenvalue weighted by atomic mass is 9.84. The zero-order valence-corrected chi connectivity index (χ0v) is 21.9. The van der Waals surface area contributed by atoms with E-state index in [9.17, 15) is 4.79 Å². The van der Waals surface area contributed by atoms with Crippen LogP contribution in [0.4, 0.5) is 5.69 Å². The molecule has 0 bridgehead atoms. The molecule has 2 heterocycles. The lowest BCUT2D eigenvalue weighted by Gasteiger charge is -2.37. The second-order valence-corrected chi connectivity index (χ2v) is 10.8. The zero-order chi connectivity index (χ0) is 25.2. The fraction of sp³-hybridized carbons (Fsp3) is 0.250. The quantitative estimate of drug-likeness (QED) is 0.381. The number of fused-ring (bicyclic) bond motifs is 1. The Morgan fingerprint density at radius 2 is 1.54 bits per heavy atom. The van der Waals surface area contributed by atoms with Gasteiger partial charge in [-0.2, -0.15) is 0 Å². The van der Waals surface area contributed by atoms with Crippen LogP contribution < -0.4 is 5.32 Å². The summed E-state index contributed by atoms with van der Waals surface area (Å²) < 4.78 is 0. The third-order valence-electron chi connectivity index (χ3n) is 7.60. The van der Waals surface area contributed by atoms with Crippen molar-refractivity contribution in [2.45, 2.75) is 51.0 Å². The normalized spacial score (nSPS) is 19.8. The van der Waals surface area contributed by atoms with Crippen molar-refractivity contribution in [2.75, 3.05) is 5.32 Å². The number of para-hydroxylation sites is 1. The minimum absolute atomic E-state index is 0.121. The highest BCUT2D eigenvalue weighted by Gasteiger charge is 2.40. The van der Waals surface area contributed by atoms with Gasteiger partial charge in [0.25, 0.3) is 5.91 Å². The molecule has 1 fully saturated rings. The monoisotopic (exact) mass is 505 g/mol. The minimum Gasteiger partial charge on any atom is -0.322 e. The molecule has 6 rings (SSSR count). The number of carbonyl (C=O) groups is 1. The second kappa shape index (κ2) is 10.4. The summed E-state index contributed by atoms with van der Waals surface area (Å²) in [5.41, 5.74) is 6.96. The second-order valence-electron chi connectivity index (χ2n) is 9.97. The fourth-order valence-corrected chi connectivity index (χ4v) is 6.69. The van der Waals surface area contributed by atoms with Gasteiger partial charge in [-0.25, -0.2) is 4.99 Å². The average molecular weight is 506 g/mol. The number of carbonyl (C=O) groups excluding carboxylic acids is 1. The van der Waals surface area contributed by atoms with E-state index < -0.39 is 0 Å². The Morgan fingerprint density at radius 3 is 2.24 bits per heavy atom. The Hall–Kier alpha value is -3.57. The topological polar surface area (TPSA) is 44.7 Å². The van der Waals surface area contributed by atoms with Gasteiger partial charge in [-0.1, -0.05) is 104 Å². The molecule has 0 spiro atoms.